The standard InChI is InChI=1S/C19H30N2O2S.2CH2O2/c1-20(2)17-9-15-11-18(12-16(15)10-17)21(3)13-14-5-7-19(8-6-14)24(4,22)23;2*2-1-3/h5-8,15-18H,9-13H2,1-4H3;2*1H,(H,2,3)/t15-,16+,17?,18?;;. The number of sulfone groups is 1. The minimum atomic E-state index is -3.10. The number of hydrogen-bond donors (Lipinski definition) is 2. The predicted octanol–water partition coefficient (Wildman–Crippen LogP) is 2.04. The molecule has 2 saturated carbocycles. The van der Waals surface area contributed by atoms with Gasteiger partial charge in [0, 0.05) is 24.9 Å². The minimum absolute atomic E-state index is 0.250. The molecule has 2 fully saturated rings. The van der Waals surface area contributed by atoms with Crippen LogP contribution < -0.4 is 0 Å². The van der Waals surface area contributed by atoms with Gasteiger partial charge in [0.1, 0.15) is 0 Å². The van der Waals surface area contributed by atoms with Gasteiger partial charge >= 0.3 is 0 Å². The molecular formula is C21H34N2O6S. The molecule has 0 aliphatic heterocycles. The third-order valence-electron chi connectivity index (χ3n) is 6.10. The van der Waals surface area contributed by atoms with E-state index in [1.807, 2.05) is 12.1 Å². The molecule has 8 nitrogen and oxygen atoms in total. The number of rotatable bonds is 5. The van der Waals surface area contributed by atoms with E-state index in [1.54, 1.807) is 12.1 Å². The number of hydrogen-bond acceptors (Lipinski definition) is 6. The molecule has 9 heteroatoms. The molecule has 0 saturated heterocycles. The Morgan fingerprint density at radius 3 is 1.67 bits per heavy atom. The van der Waals surface area contributed by atoms with Crippen molar-refractivity contribution in [1.82, 2.24) is 9.80 Å². The molecule has 1 aromatic rings. The van der Waals surface area contributed by atoms with Crippen LogP contribution in [0.1, 0.15) is 31.2 Å². The zero-order chi connectivity index (χ0) is 22.9. The largest absolute Gasteiger partial charge is 0.483 e. The molecule has 2 N–H and O–H groups in total. The average Bonchev–Trinajstić information content (AvgIpc) is 3.22. The highest BCUT2D eigenvalue weighted by Crippen LogP contribution is 2.46. The minimum Gasteiger partial charge on any atom is -0.483 e. The highest BCUT2D eigenvalue weighted by atomic mass is 32.2. The van der Waals surface area contributed by atoms with Gasteiger partial charge in [0.05, 0.1) is 4.90 Å². The van der Waals surface area contributed by atoms with Gasteiger partial charge in [0.25, 0.3) is 12.9 Å². The lowest BCUT2D eigenvalue weighted by Crippen LogP contribution is -2.31. The van der Waals surface area contributed by atoms with Gasteiger partial charge in [0.15, 0.2) is 9.84 Å². The smallest absolute Gasteiger partial charge is 0.290 e. The summed E-state index contributed by atoms with van der Waals surface area (Å²) in [6.45, 7) is 0.394. The summed E-state index contributed by atoms with van der Waals surface area (Å²) in [5.74, 6) is 1.77. The van der Waals surface area contributed by atoms with Crippen LogP contribution >= 0.6 is 0 Å². The Kier molecular flexibility index (Phi) is 10.4. The quantitative estimate of drug-likeness (QED) is 0.666. The molecule has 170 valence electrons. The van der Waals surface area contributed by atoms with E-state index in [0.29, 0.717) is 10.9 Å². The summed E-state index contributed by atoms with van der Waals surface area (Å²) in [5, 5.41) is 13.8. The Morgan fingerprint density at radius 1 is 0.900 bits per heavy atom. The van der Waals surface area contributed by atoms with Crippen LogP contribution in [0.25, 0.3) is 0 Å². The Morgan fingerprint density at radius 2 is 1.30 bits per heavy atom. The van der Waals surface area contributed by atoms with Crippen LogP contribution in [-0.4, -0.2) is 80.9 Å². The molecule has 2 aliphatic rings. The SMILES string of the molecule is CN(C)C1C[C@@H]2CC(N(C)Cc3ccc(S(C)(=O)=O)cc3)C[C@@H]2C1.O=CO.O=CO. The first-order valence-electron chi connectivity index (χ1n) is 9.88. The topological polar surface area (TPSA) is 115 Å². The van der Waals surface area contributed by atoms with E-state index >= 15 is 0 Å². The zero-order valence-electron chi connectivity index (χ0n) is 18.1. The van der Waals surface area contributed by atoms with E-state index in [2.05, 4.69) is 30.9 Å². The molecule has 4 atom stereocenters. The second-order valence-corrected chi connectivity index (χ2v) is 10.3. The second kappa shape index (κ2) is 12.0. The van der Waals surface area contributed by atoms with Crippen LogP contribution in [-0.2, 0) is 26.0 Å². The van der Waals surface area contributed by atoms with Crippen molar-refractivity contribution in [3.05, 3.63) is 29.8 Å². The van der Waals surface area contributed by atoms with E-state index in [4.69, 9.17) is 19.8 Å². The lowest BCUT2D eigenvalue weighted by molar-refractivity contribution is -0.123. The van der Waals surface area contributed by atoms with E-state index in [0.717, 1.165) is 24.4 Å². The van der Waals surface area contributed by atoms with E-state index in [1.165, 1.54) is 37.5 Å². The van der Waals surface area contributed by atoms with E-state index in [9.17, 15) is 8.42 Å². The molecule has 0 heterocycles. The van der Waals surface area contributed by atoms with Gasteiger partial charge in [-0.15, -0.1) is 0 Å². The van der Waals surface area contributed by atoms with Crippen molar-refractivity contribution in [3.63, 3.8) is 0 Å². The van der Waals surface area contributed by atoms with E-state index < -0.39 is 9.84 Å². The number of nitrogens with zero attached hydrogens (tertiary/aromatic N) is 2. The van der Waals surface area contributed by atoms with Gasteiger partial charge in [-0.3, -0.25) is 14.5 Å². The summed E-state index contributed by atoms with van der Waals surface area (Å²) >= 11 is 0. The van der Waals surface area contributed by atoms with Crippen LogP contribution in [0.4, 0.5) is 0 Å². The van der Waals surface area contributed by atoms with E-state index in [-0.39, 0.29) is 12.9 Å². The number of carboxylic acid groups (broad SMARTS) is 2. The van der Waals surface area contributed by atoms with Gasteiger partial charge in [-0.25, -0.2) is 8.42 Å². The van der Waals surface area contributed by atoms with Gasteiger partial charge in [-0.1, -0.05) is 12.1 Å². The first-order chi connectivity index (χ1) is 14.1. The highest BCUT2D eigenvalue weighted by Gasteiger charge is 2.43. The summed E-state index contributed by atoms with van der Waals surface area (Å²) in [5.41, 5.74) is 1.19. The molecule has 2 aliphatic carbocycles. The Hall–Kier alpha value is -1.97. The first kappa shape index (κ1) is 26.1. The summed E-state index contributed by atoms with van der Waals surface area (Å²) in [7, 11) is 3.51. The predicted molar refractivity (Wildman–Crippen MR) is 115 cm³/mol. The van der Waals surface area contributed by atoms with Crippen molar-refractivity contribution in [2.24, 2.45) is 11.8 Å². The van der Waals surface area contributed by atoms with Gasteiger partial charge in [-0.2, -0.15) is 0 Å². The van der Waals surface area contributed by atoms with Crippen molar-refractivity contribution in [2.45, 2.75) is 49.2 Å². The average molecular weight is 443 g/mol. The van der Waals surface area contributed by atoms with Crippen LogP contribution in [0.2, 0.25) is 0 Å². The molecular weight excluding hydrogens is 408 g/mol. The molecule has 0 radical (unpaired) electrons. The molecule has 1 aromatic carbocycles. The zero-order valence-corrected chi connectivity index (χ0v) is 19.0. The molecule has 0 spiro atoms. The molecule has 30 heavy (non-hydrogen) atoms. The number of fused-ring (bicyclic) bond motifs is 1. The third-order valence-corrected chi connectivity index (χ3v) is 7.23. The Labute approximate surface area is 179 Å². The maximum absolute atomic E-state index is 11.5. The maximum atomic E-state index is 11.5. The summed E-state index contributed by atoms with van der Waals surface area (Å²) in [6, 6.07) is 8.79. The Bertz CT molecular complexity index is 746. The molecule has 0 bridgehead atoms. The van der Waals surface area contributed by atoms with Crippen molar-refractivity contribution in [1.29, 1.82) is 0 Å². The maximum Gasteiger partial charge on any atom is 0.290 e. The summed E-state index contributed by atoms with van der Waals surface area (Å²) < 4.78 is 23.1. The number of benzene rings is 1. The lowest BCUT2D eigenvalue weighted by Gasteiger charge is -2.27. The normalized spacial score (nSPS) is 25.0. The van der Waals surface area contributed by atoms with Crippen molar-refractivity contribution in [2.75, 3.05) is 27.4 Å². The molecule has 3 rings (SSSR count). The van der Waals surface area contributed by atoms with Crippen molar-refractivity contribution >= 4 is 22.8 Å². The molecule has 0 aromatic heterocycles. The fraction of sp³-hybridized carbons (Fsp3) is 0.619. The van der Waals surface area contributed by atoms with Crippen LogP contribution in [0.3, 0.4) is 0 Å². The van der Waals surface area contributed by atoms with Gasteiger partial charge < -0.3 is 15.1 Å². The lowest BCUT2D eigenvalue weighted by atomic mass is 10.0. The molecule has 2 unspecified atom stereocenters. The highest BCUT2D eigenvalue weighted by molar-refractivity contribution is 7.90. The molecule has 0 amide bonds. The van der Waals surface area contributed by atoms with Crippen LogP contribution in [0.15, 0.2) is 29.2 Å². The summed E-state index contributed by atoms with van der Waals surface area (Å²) in [4.78, 5) is 22.0. The number of carbonyl (C=O) groups is 2. The van der Waals surface area contributed by atoms with Crippen LogP contribution in [0.5, 0.6) is 0 Å². The van der Waals surface area contributed by atoms with Gasteiger partial charge in [-0.05, 0) is 76.4 Å². The second-order valence-electron chi connectivity index (χ2n) is 8.28. The fourth-order valence-electron chi connectivity index (χ4n) is 4.59. The van der Waals surface area contributed by atoms with Gasteiger partial charge in [0.2, 0.25) is 0 Å². The third kappa shape index (κ3) is 7.70. The van der Waals surface area contributed by atoms with Crippen molar-refractivity contribution in [3.8, 4) is 0 Å². The summed E-state index contributed by atoms with van der Waals surface area (Å²) in [6.07, 6.45) is 6.59. The van der Waals surface area contributed by atoms with Crippen LogP contribution in [0, 0.1) is 11.8 Å². The van der Waals surface area contributed by atoms with Crippen molar-refractivity contribution < 1.29 is 28.2 Å². The monoisotopic (exact) mass is 442 g/mol. The fourth-order valence-corrected chi connectivity index (χ4v) is 5.22. The Balaban J connectivity index is 0.000000672. The first-order valence-corrected chi connectivity index (χ1v) is 11.8.